The molecular weight excluding hydrogens is 288 g/mol. The van der Waals surface area contributed by atoms with Crippen LogP contribution in [0.25, 0.3) is 0 Å². The molecule has 0 aliphatic rings. The van der Waals surface area contributed by atoms with Crippen LogP contribution >= 0.6 is 11.3 Å². The molecule has 0 spiro atoms. The Morgan fingerprint density at radius 2 is 2.29 bits per heavy atom. The number of anilines is 1. The molecule has 1 atom stereocenters. The Hall–Kier alpha value is -1.92. The van der Waals surface area contributed by atoms with Crippen molar-refractivity contribution >= 4 is 23.1 Å². The van der Waals surface area contributed by atoms with Gasteiger partial charge < -0.3 is 15.2 Å². The van der Waals surface area contributed by atoms with E-state index < -0.39 is 5.60 Å². The lowest BCUT2D eigenvalue weighted by Gasteiger charge is -2.23. The summed E-state index contributed by atoms with van der Waals surface area (Å²) in [5.74, 6) is 0.209. The average molecular weight is 306 g/mol. The van der Waals surface area contributed by atoms with E-state index >= 15 is 0 Å². The fourth-order valence-electron chi connectivity index (χ4n) is 1.77. The second-order valence-electron chi connectivity index (χ2n) is 4.79. The molecule has 0 aliphatic heterocycles. The normalized spacial score (nSPS) is 13.5. The minimum absolute atomic E-state index is 0.329. The molecule has 0 radical (unpaired) electrons. The second-order valence-corrected chi connectivity index (χ2v) is 5.57. The van der Waals surface area contributed by atoms with Gasteiger partial charge in [0.15, 0.2) is 0 Å². The molecule has 6 heteroatoms. The van der Waals surface area contributed by atoms with E-state index in [9.17, 15) is 9.90 Å². The van der Waals surface area contributed by atoms with Crippen molar-refractivity contribution in [1.82, 2.24) is 4.98 Å². The summed E-state index contributed by atoms with van der Waals surface area (Å²) in [5.41, 5.74) is 0.303. The monoisotopic (exact) mass is 306 g/mol. The molecular formula is C15H18N2O3S. The van der Waals surface area contributed by atoms with Crippen molar-refractivity contribution in [3.8, 4) is 0 Å². The van der Waals surface area contributed by atoms with Gasteiger partial charge in [0, 0.05) is 12.7 Å². The van der Waals surface area contributed by atoms with Gasteiger partial charge in [-0.05, 0) is 48.4 Å². The van der Waals surface area contributed by atoms with Crippen molar-refractivity contribution in [2.75, 3.05) is 18.5 Å². The third-order valence-electron chi connectivity index (χ3n) is 3.03. The molecule has 2 rings (SSSR count). The molecule has 0 amide bonds. The van der Waals surface area contributed by atoms with Gasteiger partial charge in [0.1, 0.15) is 11.4 Å². The van der Waals surface area contributed by atoms with Crippen LogP contribution in [-0.4, -0.2) is 29.2 Å². The Bertz CT molecular complexity index is 579. The number of rotatable bonds is 6. The standard InChI is InChI=1S/C15H18N2O3S/c1-3-20-14(18)11-4-5-13(16-8-11)17-10-15(2,19)12-6-7-21-9-12/h4-9,19H,3,10H2,1-2H3,(H,16,17). The van der Waals surface area contributed by atoms with Crippen LogP contribution in [0.4, 0.5) is 5.82 Å². The van der Waals surface area contributed by atoms with Crippen molar-refractivity contribution < 1.29 is 14.6 Å². The zero-order valence-electron chi connectivity index (χ0n) is 12.0. The van der Waals surface area contributed by atoms with Gasteiger partial charge in [-0.1, -0.05) is 0 Å². The number of aromatic nitrogens is 1. The number of carbonyl (C=O) groups is 1. The van der Waals surface area contributed by atoms with Crippen molar-refractivity contribution in [3.63, 3.8) is 0 Å². The first-order valence-electron chi connectivity index (χ1n) is 6.65. The van der Waals surface area contributed by atoms with Crippen molar-refractivity contribution in [3.05, 3.63) is 46.3 Å². The third-order valence-corrected chi connectivity index (χ3v) is 3.71. The van der Waals surface area contributed by atoms with E-state index in [-0.39, 0.29) is 5.97 Å². The van der Waals surface area contributed by atoms with Gasteiger partial charge >= 0.3 is 5.97 Å². The van der Waals surface area contributed by atoms with Crippen molar-refractivity contribution in [2.24, 2.45) is 0 Å². The number of pyridine rings is 1. The van der Waals surface area contributed by atoms with E-state index in [4.69, 9.17) is 4.74 Å². The minimum Gasteiger partial charge on any atom is -0.462 e. The Labute approximate surface area is 127 Å². The van der Waals surface area contributed by atoms with E-state index in [1.807, 2.05) is 16.8 Å². The number of thiophene rings is 1. The topological polar surface area (TPSA) is 71.5 Å². The highest BCUT2D eigenvalue weighted by Gasteiger charge is 2.23. The molecule has 2 heterocycles. The molecule has 0 saturated carbocycles. The molecule has 21 heavy (non-hydrogen) atoms. The highest BCUT2D eigenvalue weighted by atomic mass is 32.1. The van der Waals surface area contributed by atoms with Gasteiger partial charge in [0.2, 0.25) is 0 Å². The molecule has 112 valence electrons. The summed E-state index contributed by atoms with van der Waals surface area (Å²) in [4.78, 5) is 15.7. The second kappa shape index (κ2) is 6.69. The maximum atomic E-state index is 11.5. The molecule has 0 aliphatic carbocycles. The zero-order valence-corrected chi connectivity index (χ0v) is 12.8. The summed E-state index contributed by atoms with van der Waals surface area (Å²) >= 11 is 1.54. The summed E-state index contributed by atoms with van der Waals surface area (Å²) in [6.07, 6.45) is 1.46. The molecule has 0 bridgehead atoms. The van der Waals surface area contributed by atoms with Gasteiger partial charge in [0.25, 0.3) is 0 Å². The average Bonchev–Trinajstić information content (AvgIpc) is 3.01. The number of carbonyl (C=O) groups excluding carboxylic acids is 1. The Kier molecular flexibility index (Phi) is 4.93. The zero-order chi connectivity index (χ0) is 15.3. The number of ether oxygens (including phenoxy) is 1. The molecule has 2 N–H and O–H groups in total. The maximum absolute atomic E-state index is 11.5. The Balaban J connectivity index is 1.96. The first-order chi connectivity index (χ1) is 10.0. The third kappa shape index (κ3) is 4.03. The van der Waals surface area contributed by atoms with Crippen molar-refractivity contribution in [1.29, 1.82) is 0 Å². The molecule has 2 aromatic rings. The Morgan fingerprint density at radius 3 is 2.86 bits per heavy atom. The molecule has 5 nitrogen and oxygen atoms in total. The maximum Gasteiger partial charge on any atom is 0.339 e. The number of esters is 1. The highest BCUT2D eigenvalue weighted by molar-refractivity contribution is 7.08. The quantitative estimate of drug-likeness (QED) is 0.803. The van der Waals surface area contributed by atoms with E-state index in [1.54, 1.807) is 37.3 Å². The lowest BCUT2D eigenvalue weighted by atomic mass is 9.99. The predicted molar refractivity (Wildman–Crippen MR) is 82.6 cm³/mol. The minimum atomic E-state index is -0.971. The van der Waals surface area contributed by atoms with E-state index in [2.05, 4.69) is 10.3 Å². The SMILES string of the molecule is CCOC(=O)c1ccc(NCC(C)(O)c2ccsc2)nc1. The van der Waals surface area contributed by atoms with Gasteiger partial charge in [-0.3, -0.25) is 0 Å². The number of nitrogens with one attached hydrogen (secondary N) is 1. The van der Waals surface area contributed by atoms with E-state index in [0.717, 1.165) is 5.56 Å². The smallest absolute Gasteiger partial charge is 0.339 e. The predicted octanol–water partition coefficient (Wildman–Crippen LogP) is 2.64. The molecule has 0 saturated heterocycles. The molecule has 1 unspecified atom stereocenters. The van der Waals surface area contributed by atoms with Crippen LogP contribution < -0.4 is 5.32 Å². The molecule has 0 fully saturated rings. The van der Waals surface area contributed by atoms with E-state index in [0.29, 0.717) is 24.5 Å². The van der Waals surface area contributed by atoms with Crippen LogP contribution in [0.1, 0.15) is 29.8 Å². The number of hydrogen-bond donors (Lipinski definition) is 2. The van der Waals surface area contributed by atoms with Crippen molar-refractivity contribution in [2.45, 2.75) is 19.4 Å². The summed E-state index contributed by atoms with van der Waals surface area (Å²) in [7, 11) is 0. The number of hydrogen-bond acceptors (Lipinski definition) is 6. The van der Waals surface area contributed by atoms with Gasteiger partial charge in [-0.15, -0.1) is 0 Å². The summed E-state index contributed by atoms with van der Waals surface area (Å²) in [6, 6.07) is 5.23. The van der Waals surface area contributed by atoms with Crippen LogP contribution in [0, 0.1) is 0 Å². The largest absolute Gasteiger partial charge is 0.462 e. The summed E-state index contributed by atoms with van der Waals surface area (Å²) < 4.78 is 4.89. The fraction of sp³-hybridized carbons (Fsp3) is 0.333. The first kappa shape index (κ1) is 15.5. The summed E-state index contributed by atoms with van der Waals surface area (Å²) in [5, 5.41) is 17.3. The molecule has 0 aromatic carbocycles. The fourth-order valence-corrected chi connectivity index (χ4v) is 2.55. The lowest BCUT2D eigenvalue weighted by Crippen LogP contribution is -2.30. The molecule has 2 aromatic heterocycles. The van der Waals surface area contributed by atoms with Crippen LogP contribution in [-0.2, 0) is 10.3 Å². The van der Waals surface area contributed by atoms with Gasteiger partial charge in [-0.2, -0.15) is 11.3 Å². The lowest BCUT2D eigenvalue weighted by molar-refractivity contribution is 0.0525. The first-order valence-corrected chi connectivity index (χ1v) is 7.59. The number of nitrogens with zero attached hydrogens (tertiary/aromatic N) is 1. The Morgan fingerprint density at radius 1 is 1.48 bits per heavy atom. The van der Waals surface area contributed by atoms with Gasteiger partial charge in [-0.25, -0.2) is 9.78 Å². The van der Waals surface area contributed by atoms with E-state index in [1.165, 1.54) is 6.20 Å². The number of aliphatic hydroxyl groups is 1. The highest BCUT2D eigenvalue weighted by Crippen LogP contribution is 2.23. The van der Waals surface area contributed by atoms with Crippen LogP contribution in [0.2, 0.25) is 0 Å². The van der Waals surface area contributed by atoms with Crippen LogP contribution in [0.15, 0.2) is 35.2 Å². The summed E-state index contributed by atoms with van der Waals surface area (Å²) in [6.45, 7) is 4.17. The van der Waals surface area contributed by atoms with Gasteiger partial charge in [0.05, 0.1) is 12.2 Å². The van der Waals surface area contributed by atoms with Crippen LogP contribution in [0.3, 0.4) is 0 Å². The van der Waals surface area contributed by atoms with Crippen LogP contribution in [0.5, 0.6) is 0 Å².